The molecule has 0 spiro atoms. The van der Waals surface area contributed by atoms with Crippen LogP contribution in [-0.2, 0) is 0 Å². The van der Waals surface area contributed by atoms with Crippen molar-refractivity contribution >= 4 is 23.1 Å². The van der Waals surface area contributed by atoms with Crippen LogP contribution in [-0.4, -0.2) is 21.7 Å². The molecule has 0 bridgehead atoms. The minimum absolute atomic E-state index is 0.246. The average Bonchev–Trinajstić information content (AvgIpc) is 2.26. The minimum Gasteiger partial charge on any atom is -0.508 e. The summed E-state index contributed by atoms with van der Waals surface area (Å²) in [5.41, 5.74) is -1.26. The van der Waals surface area contributed by atoms with E-state index < -0.39 is 33.6 Å². The quantitative estimate of drug-likeness (QED) is 0.374. The number of nitro groups is 1. The summed E-state index contributed by atoms with van der Waals surface area (Å²) in [5.74, 6) is -1.54. The van der Waals surface area contributed by atoms with Gasteiger partial charge in [0.05, 0.1) is 16.9 Å². The first-order valence-electron chi connectivity index (χ1n) is 4.02. The van der Waals surface area contributed by atoms with E-state index in [1.54, 1.807) is 6.07 Å². The van der Waals surface area contributed by atoms with Gasteiger partial charge in [0.25, 0.3) is 5.69 Å². The molecule has 0 fully saturated rings. The van der Waals surface area contributed by atoms with Crippen LogP contribution in [0.1, 0.15) is 15.9 Å². The van der Waals surface area contributed by atoms with Gasteiger partial charge in [-0.25, -0.2) is 0 Å². The summed E-state index contributed by atoms with van der Waals surface area (Å²) in [6.45, 7) is 0. The maximum Gasteiger partial charge on any atom is 0.291 e. The van der Waals surface area contributed by atoms with Crippen LogP contribution in [0.15, 0.2) is 12.1 Å². The summed E-state index contributed by atoms with van der Waals surface area (Å²) in [6.07, 6.45) is 0. The fourth-order valence-electron chi connectivity index (χ4n) is 1.17. The summed E-state index contributed by atoms with van der Waals surface area (Å²) in [5, 5.41) is 28.5. The molecule has 16 heavy (non-hydrogen) atoms. The Labute approximate surface area is 94.8 Å². The van der Waals surface area contributed by atoms with Crippen LogP contribution in [0.3, 0.4) is 0 Å². The largest absolute Gasteiger partial charge is 0.508 e. The predicted octanol–water partition coefficient (Wildman–Crippen LogP) is 1.59. The number of nitro benzene ring substituents is 1. The molecule has 1 aromatic rings. The number of phenolic OH excluding ortho intramolecular Hbond substituents is 1. The maximum atomic E-state index is 11.3. The Balaban J connectivity index is 3.56. The van der Waals surface area contributed by atoms with E-state index in [1.165, 1.54) is 0 Å². The summed E-state index contributed by atoms with van der Waals surface area (Å²) >= 11 is 5.29. The van der Waals surface area contributed by atoms with E-state index in [9.17, 15) is 20.0 Å². The van der Waals surface area contributed by atoms with Crippen molar-refractivity contribution in [2.75, 3.05) is 5.88 Å². The summed E-state index contributed by atoms with van der Waals surface area (Å²) in [7, 11) is 0. The van der Waals surface area contributed by atoms with Crippen molar-refractivity contribution < 1.29 is 14.8 Å². The number of carbonyl (C=O) groups is 1. The van der Waals surface area contributed by atoms with Crippen LogP contribution in [0.25, 0.3) is 0 Å². The number of hydrogen-bond donors (Lipinski definition) is 1. The number of aromatic hydroxyl groups is 1. The molecular formula is C9H5ClN2O4. The number of alkyl halides is 1. The Morgan fingerprint density at radius 2 is 2.25 bits per heavy atom. The molecule has 0 heterocycles. The topological polar surface area (TPSA) is 104 Å². The SMILES string of the molecule is N#Cc1c(C(=O)CCl)cc(O)cc1[N+](=O)[O-]. The zero-order valence-corrected chi connectivity index (χ0v) is 8.56. The first-order valence-corrected chi connectivity index (χ1v) is 4.55. The summed E-state index contributed by atoms with van der Waals surface area (Å²) in [4.78, 5) is 21.1. The molecule has 1 N–H and O–H groups in total. The van der Waals surface area contributed by atoms with E-state index in [2.05, 4.69) is 0 Å². The highest BCUT2D eigenvalue weighted by Crippen LogP contribution is 2.27. The van der Waals surface area contributed by atoms with Gasteiger partial charge in [-0.3, -0.25) is 14.9 Å². The Morgan fingerprint density at radius 3 is 2.69 bits per heavy atom. The molecule has 1 aromatic carbocycles. The van der Waals surface area contributed by atoms with Crippen molar-refractivity contribution in [3.05, 3.63) is 33.4 Å². The highest BCUT2D eigenvalue weighted by molar-refractivity contribution is 6.30. The van der Waals surface area contributed by atoms with E-state index in [1.807, 2.05) is 0 Å². The normalized spacial score (nSPS) is 9.50. The number of nitriles is 1. The second-order valence-electron chi connectivity index (χ2n) is 2.81. The molecule has 0 amide bonds. The van der Waals surface area contributed by atoms with Crippen molar-refractivity contribution in [3.63, 3.8) is 0 Å². The Kier molecular flexibility index (Phi) is 3.43. The van der Waals surface area contributed by atoms with Crippen LogP contribution < -0.4 is 0 Å². The van der Waals surface area contributed by atoms with Crippen molar-refractivity contribution in [1.29, 1.82) is 5.26 Å². The van der Waals surface area contributed by atoms with Gasteiger partial charge < -0.3 is 5.11 Å². The van der Waals surface area contributed by atoms with Gasteiger partial charge >= 0.3 is 0 Å². The number of Topliss-reactive ketones (excluding diaryl/α,β-unsaturated/α-hetero) is 1. The molecule has 7 heteroatoms. The van der Waals surface area contributed by atoms with Crippen LogP contribution in [0.5, 0.6) is 5.75 Å². The number of carbonyl (C=O) groups excluding carboxylic acids is 1. The van der Waals surface area contributed by atoms with E-state index in [0.717, 1.165) is 12.1 Å². The van der Waals surface area contributed by atoms with Crippen molar-refractivity contribution in [2.24, 2.45) is 0 Å². The van der Waals surface area contributed by atoms with Gasteiger partial charge in [-0.2, -0.15) is 5.26 Å². The highest BCUT2D eigenvalue weighted by atomic mass is 35.5. The molecular weight excluding hydrogens is 236 g/mol. The number of nitrogens with zero attached hydrogens (tertiary/aromatic N) is 2. The molecule has 82 valence electrons. The lowest BCUT2D eigenvalue weighted by Gasteiger charge is -2.02. The van der Waals surface area contributed by atoms with Crippen LogP contribution in [0, 0.1) is 21.4 Å². The molecule has 0 radical (unpaired) electrons. The molecule has 0 aliphatic rings. The Hall–Kier alpha value is -2.13. The van der Waals surface area contributed by atoms with E-state index in [4.69, 9.17) is 16.9 Å². The monoisotopic (exact) mass is 240 g/mol. The zero-order valence-electron chi connectivity index (χ0n) is 7.81. The van der Waals surface area contributed by atoms with E-state index in [-0.39, 0.29) is 5.56 Å². The molecule has 1 rings (SSSR count). The third-order valence-electron chi connectivity index (χ3n) is 1.83. The van der Waals surface area contributed by atoms with Gasteiger partial charge in [-0.15, -0.1) is 11.6 Å². The fraction of sp³-hybridized carbons (Fsp3) is 0.111. The molecule has 0 aromatic heterocycles. The molecule has 0 aliphatic carbocycles. The second kappa shape index (κ2) is 4.59. The van der Waals surface area contributed by atoms with Crippen molar-refractivity contribution in [3.8, 4) is 11.8 Å². The van der Waals surface area contributed by atoms with Crippen LogP contribution in [0.4, 0.5) is 5.69 Å². The van der Waals surface area contributed by atoms with Crippen LogP contribution >= 0.6 is 11.6 Å². The smallest absolute Gasteiger partial charge is 0.291 e. The number of hydrogen-bond acceptors (Lipinski definition) is 5. The number of phenols is 1. The molecule has 0 aliphatic heterocycles. The number of benzene rings is 1. The molecule has 6 nitrogen and oxygen atoms in total. The molecule has 0 saturated heterocycles. The summed E-state index contributed by atoms with van der Waals surface area (Å²) < 4.78 is 0. The Morgan fingerprint density at radius 1 is 1.62 bits per heavy atom. The average molecular weight is 241 g/mol. The number of halogens is 1. The lowest BCUT2D eigenvalue weighted by atomic mass is 10.0. The lowest BCUT2D eigenvalue weighted by Crippen LogP contribution is -2.06. The fourth-order valence-corrected chi connectivity index (χ4v) is 1.31. The van der Waals surface area contributed by atoms with Gasteiger partial charge in [0.2, 0.25) is 0 Å². The van der Waals surface area contributed by atoms with Crippen molar-refractivity contribution in [1.82, 2.24) is 0 Å². The van der Waals surface area contributed by atoms with Gasteiger partial charge in [0, 0.05) is 5.56 Å². The highest BCUT2D eigenvalue weighted by Gasteiger charge is 2.22. The first-order chi connectivity index (χ1) is 7.51. The number of rotatable bonds is 3. The van der Waals surface area contributed by atoms with Gasteiger partial charge in [-0.05, 0) is 6.07 Å². The lowest BCUT2D eigenvalue weighted by molar-refractivity contribution is -0.385. The van der Waals surface area contributed by atoms with E-state index >= 15 is 0 Å². The first kappa shape index (κ1) is 11.9. The van der Waals surface area contributed by atoms with Gasteiger partial charge in [-0.1, -0.05) is 0 Å². The Bertz CT molecular complexity index is 507. The third-order valence-corrected chi connectivity index (χ3v) is 2.08. The second-order valence-corrected chi connectivity index (χ2v) is 3.08. The van der Waals surface area contributed by atoms with Gasteiger partial charge in [0.1, 0.15) is 17.4 Å². The maximum absolute atomic E-state index is 11.3. The zero-order chi connectivity index (χ0) is 12.3. The van der Waals surface area contributed by atoms with E-state index in [0.29, 0.717) is 0 Å². The van der Waals surface area contributed by atoms with Crippen molar-refractivity contribution in [2.45, 2.75) is 0 Å². The molecule has 0 unspecified atom stereocenters. The predicted molar refractivity (Wildman–Crippen MR) is 54.5 cm³/mol. The molecule has 0 saturated carbocycles. The van der Waals surface area contributed by atoms with Gasteiger partial charge in [0.15, 0.2) is 5.78 Å². The van der Waals surface area contributed by atoms with Crippen LogP contribution in [0.2, 0.25) is 0 Å². The summed E-state index contributed by atoms with van der Waals surface area (Å²) in [6, 6.07) is 3.35. The number of ketones is 1. The standard InChI is InChI=1S/C9H5ClN2O4/c10-3-9(14)6-1-5(13)2-8(12(15)16)7(6)4-11/h1-2,13H,3H2. The minimum atomic E-state index is -0.844. The third kappa shape index (κ3) is 2.10. The molecule has 0 atom stereocenters.